The molecule has 1 aliphatic heterocycles. The number of rotatable bonds is 9. The zero-order chi connectivity index (χ0) is 18.8. The molecule has 0 saturated carbocycles. The molecule has 1 saturated heterocycles. The molecule has 1 aromatic carbocycles. The molecule has 0 aromatic heterocycles. The molecular formula is C20H27N3O3. The Morgan fingerprint density at radius 2 is 1.85 bits per heavy atom. The molecule has 6 heteroatoms. The molecule has 0 spiro atoms. The summed E-state index contributed by atoms with van der Waals surface area (Å²) in [5.74, 6) is -0.0827. The van der Waals surface area contributed by atoms with Crippen molar-refractivity contribution in [1.29, 1.82) is 5.26 Å². The van der Waals surface area contributed by atoms with Crippen LogP contribution in [0.25, 0.3) is 0 Å². The highest BCUT2D eigenvalue weighted by atomic mass is 16.5. The zero-order valence-electron chi connectivity index (χ0n) is 15.4. The largest absolute Gasteiger partial charge is 0.379 e. The number of benzene rings is 1. The van der Waals surface area contributed by atoms with E-state index in [-0.39, 0.29) is 24.5 Å². The zero-order valence-corrected chi connectivity index (χ0v) is 15.4. The van der Waals surface area contributed by atoms with Crippen molar-refractivity contribution in [1.82, 2.24) is 9.80 Å². The fraction of sp³-hybridized carbons (Fsp3) is 0.550. The van der Waals surface area contributed by atoms with Gasteiger partial charge >= 0.3 is 0 Å². The molecule has 2 rings (SSSR count). The summed E-state index contributed by atoms with van der Waals surface area (Å²) in [4.78, 5) is 28.8. The summed E-state index contributed by atoms with van der Waals surface area (Å²) in [5.41, 5.74) is 1.74. The molecule has 0 aliphatic carbocycles. The van der Waals surface area contributed by atoms with Gasteiger partial charge in [-0.3, -0.25) is 14.5 Å². The first-order chi connectivity index (χ1) is 12.6. The predicted molar refractivity (Wildman–Crippen MR) is 98.8 cm³/mol. The Balaban J connectivity index is 1.83. The van der Waals surface area contributed by atoms with Crippen LogP contribution in [0.3, 0.4) is 0 Å². The van der Waals surface area contributed by atoms with Crippen LogP contribution < -0.4 is 0 Å². The third-order valence-electron chi connectivity index (χ3n) is 4.58. The van der Waals surface area contributed by atoms with Gasteiger partial charge in [0, 0.05) is 51.1 Å². The number of Topliss-reactive ketones (excluding diaryl/α,β-unsaturated/α-hetero) is 1. The van der Waals surface area contributed by atoms with Gasteiger partial charge in [0.1, 0.15) is 0 Å². The number of amides is 1. The molecule has 26 heavy (non-hydrogen) atoms. The lowest BCUT2D eigenvalue weighted by Gasteiger charge is -2.30. The SMILES string of the molecule is Cc1ccc(C(=O)CCC(=O)N(CCC#N)CCN2CCOCC2)cc1. The first-order valence-corrected chi connectivity index (χ1v) is 9.15. The van der Waals surface area contributed by atoms with E-state index in [4.69, 9.17) is 10.00 Å². The quantitative estimate of drug-likeness (QED) is 0.632. The summed E-state index contributed by atoms with van der Waals surface area (Å²) >= 11 is 0. The molecule has 1 amide bonds. The standard InChI is InChI=1S/C20H27N3O3/c1-17-3-5-18(6-4-17)19(24)7-8-20(25)23(10-2-9-21)12-11-22-13-15-26-16-14-22/h3-6H,2,7-8,10-16H2,1H3. The van der Waals surface area contributed by atoms with Crippen LogP contribution in [0, 0.1) is 18.3 Å². The molecule has 0 radical (unpaired) electrons. The molecule has 6 nitrogen and oxygen atoms in total. The van der Waals surface area contributed by atoms with E-state index in [1.165, 1.54) is 0 Å². The maximum Gasteiger partial charge on any atom is 0.223 e. The fourth-order valence-corrected chi connectivity index (χ4v) is 2.90. The van der Waals surface area contributed by atoms with E-state index >= 15 is 0 Å². The molecule has 1 fully saturated rings. The summed E-state index contributed by atoms with van der Waals surface area (Å²) in [5, 5.41) is 8.83. The van der Waals surface area contributed by atoms with Crippen molar-refractivity contribution in [3.8, 4) is 6.07 Å². The smallest absolute Gasteiger partial charge is 0.223 e. The third-order valence-corrected chi connectivity index (χ3v) is 4.58. The molecule has 0 unspecified atom stereocenters. The molecule has 1 heterocycles. The molecule has 0 atom stereocenters. The number of hydrogen-bond donors (Lipinski definition) is 0. The van der Waals surface area contributed by atoms with Gasteiger partial charge in [-0.1, -0.05) is 29.8 Å². The molecule has 1 aromatic rings. The second kappa shape index (κ2) is 10.7. The summed E-state index contributed by atoms with van der Waals surface area (Å²) in [7, 11) is 0. The Hall–Kier alpha value is -2.23. The van der Waals surface area contributed by atoms with Crippen LogP contribution in [0.2, 0.25) is 0 Å². The minimum Gasteiger partial charge on any atom is -0.379 e. The highest BCUT2D eigenvalue weighted by Gasteiger charge is 2.18. The molecule has 0 N–H and O–H groups in total. The summed E-state index contributed by atoms with van der Waals surface area (Å²) in [6.45, 7) is 6.91. The maximum absolute atomic E-state index is 12.5. The predicted octanol–water partition coefficient (Wildman–Crippen LogP) is 2.03. The van der Waals surface area contributed by atoms with Gasteiger partial charge in [0.05, 0.1) is 25.7 Å². The summed E-state index contributed by atoms with van der Waals surface area (Å²) in [6.07, 6.45) is 0.685. The van der Waals surface area contributed by atoms with Gasteiger partial charge in [0.25, 0.3) is 0 Å². The number of ketones is 1. The second-order valence-corrected chi connectivity index (χ2v) is 6.53. The van der Waals surface area contributed by atoms with Gasteiger partial charge in [-0.15, -0.1) is 0 Å². The Morgan fingerprint density at radius 3 is 2.50 bits per heavy atom. The van der Waals surface area contributed by atoms with Gasteiger partial charge in [0.15, 0.2) is 5.78 Å². The van der Waals surface area contributed by atoms with Crippen molar-refractivity contribution >= 4 is 11.7 Å². The van der Waals surface area contributed by atoms with Gasteiger partial charge < -0.3 is 9.64 Å². The van der Waals surface area contributed by atoms with Crippen molar-refractivity contribution in [2.24, 2.45) is 0 Å². The van der Waals surface area contributed by atoms with Gasteiger partial charge in [0.2, 0.25) is 5.91 Å². The molecular weight excluding hydrogens is 330 g/mol. The van der Waals surface area contributed by atoms with Gasteiger partial charge in [-0.05, 0) is 6.92 Å². The van der Waals surface area contributed by atoms with E-state index in [9.17, 15) is 9.59 Å². The van der Waals surface area contributed by atoms with Crippen molar-refractivity contribution in [2.45, 2.75) is 26.2 Å². The number of morpholine rings is 1. The topological polar surface area (TPSA) is 73.6 Å². The third kappa shape index (κ3) is 6.58. The van der Waals surface area contributed by atoms with Crippen LogP contribution in [0.15, 0.2) is 24.3 Å². The number of carbonyl (C=O) groups is 2. The Kier molecular flexibility index (Phi) is 8.26. The van der Waals surface area contributed by atoms with E-state index in [2.05, 4.69) is 11.0 Å². The summed E-state index contributed by atoms with van der Waals surface area (Å²) < 4.78 is 5.33. The number of ether oxygens (including phenoxy) is 1. The van der Waals surface area contributed by atoms with Crippen molar-refractivity contribution in [2.75, 3.05) is 45.9 Å². The van der Waals surface area contributed by atoms with E-state index in [1.54, 1.807) is 17.0 Å². The van der Waals surface area contributed by atoms with Crippen LogP contribution in [0.1, 0.15) is 35.2 Å². The lowest BCUT2D eigenvalue weighted by atomic mass is 10.0. The number of aryl methyl sites for hydroxylation is 1. The van der Waals surface area contributed by atoms with Crippen LogP contribution in [-0.4, -0.2) is 67.4 Å². The Labute approximate surface area is 155 Å². The van der Waals surface area contributed by atoms with Crippen molar-refractivity contribution in [3.63, 3.8) is 0 Å². The van der Waals surface area contributed by atoms with Crippen LogP contribution in [0.4, 0.5) is 0 Å². The number of hydrogen-bond acceptors (Lipinski definition) is 5. The fourth-order valence-electron chi connectivity index (χ4n) is 2.90. The van der Waals surface area contributed by atoms with Crippen molar-refractivity contribution < 1.29 is 14.3 Å². The minimum atomic E-state index is -0.0611. The lowest BCUT2D eigenvalue weighted by Crippen LogP contribution is -2.43. The van der Waals surface area contributed by atoms with Crippen molar-refractivity contribution in [3.05, 3.63) is 35.4 Å². The number of nitrogens with zero attached hydrogens (tertiary/aromatic N) is 3. The Bertz CT molecular complexity index is 631. The number of carbonyl (C=O) groups excluding carboxylic acids is 2. The van der Waals surface area contributed by atoms with E-state index < -0.39 is 0 Å². The minimum absolute atomic E-state index is 0.0215. The van der Waals surface area contributed by atoms with Crippen LogP contribution in [-0.2, 0) is 9.53 Å². The van der Waals surface area contributed by atoms with E-state index in [1.807, 2.05) is 19.1 Å². The van der Waals surface area contributed by atoms with Gasteiger partial charge in [-0.2, -0.15) is 5.26 Å². The molecule has 1 aliphatic rings. The van der Waals surface area contributed by atoms with E-state index in [0.29, 0.717) is 25.1 Å². The second-order valence-electron chi connectivity index (χ2n) is 6.53. The summed E-state index contributed by atoms with van der Waals surface area (Å²) in [6, 6.07) is 9.49. The average Bonchev–Trinajstić information content (AvgIpc) is 2.67. The van der Waals surface area contributed by atoms with E-state index in [0.717, 1.165) is 38.4 Å². The monoisotopic (exact) mass is 357 g/mol. The van der Waals surface area contributed by atoms with Crippen LogP contribution >= 0.6 is 0 Å². The lowest BCUT2D eigenvalue weighted by molar-refractivity contribution is -0.131. The Morgan fingerprint density at radius 1 is 1.15 bits per heavy atom. The molecule has 0 bridgehead atoms. The first-order valence-electron chi connectivity index (χ1n) is 9.15. The average molecular weight is 357 g/mol. The molecule has 140 valence electrons. The van der Waals surface area contributed by atoms with Gasteiger partial charge in [-0.25, -0.2) is 0 Å². The number of nitriles is 1. The first kappa shape index (κ1) is 20.1. The highest BCUT2D eigenvalue weighted by molar-refractivity contribution is 5.97. The maximum atomic E-state index is 12.5. The van der Waals surface area contributed by atoms with Crippen LogP contribution in [0.5, 0.6) is 0 Å². The highest BCUT2D eigenvalue weighted by Crippen LogP contribution is 2.09. The normalized spacial score (nSPS) is 14.6.